The highest BCUT2D eigenvalue weighted by molar-refractivity contribution is 6.30. The maximum atomic E-state index is 12.6. The fourth-order valence-electron chi connectivity index (χ4n) is 4.39. The molecule has 2 heterocycles. The van der Waals surface area contributed by atoms with Crippen molar-refractivity contribution in [2.24, 2.45) is 0 Å². The molecule has 28 heavy (non-hydrogen) atoms. The zero-order valence-electron chi connectivity index (χ0n) is 16.5. The van der Waals surface area contributed by atoms with E-state index in [0.717, 1.165) is 5.56 Å². The highest BCUT2D eigenvalue weighted by atomic mass is 35.5. The minimum absolute atomic E-state index is 0.135. The predicted molar refractivity (Wildman–Crippen MR) is 107 cm³/mol. The van der Waals surface area contributed by atoms with Gasteiger partial charge in [0.2, 0.25) is 11.8 Å². The Morgan fingerprint density at radius 3 is 2.71 bits per heavy atom. The fraction of sp³-hybridized carbons (Fsp3) is 0.619. The minimum Gasteiger partial charge on any atom is -0.388 e. The molecule has 2 atom stereocenters. The summed E-state index contributed by atoms with van der Waals surface area (Å²) in [5.41, 5.74) is -0.0479. The number of rotatable bonds is 4. The molecule has 7 heteroatoms. The van der Waals surface area contributed by atoms with E-state index >= 15 is 0 Å². The summed E-state index contributed by atoms with van der Waals surface area (Å²) in [6.07, 6.45) is 2.35. The Morgan fingerprint density at radius 1 is 1.36 bits per heavy atom. The van der Waals surface area contributed by atoms with Gasteiger partial charge in [-0.25, -0.2) is 0 Å². The molecule has 0 unspecified atom stereocenters. The van der Waals surface area contributed by atoms with Crippen LogP contribution in [0.1, 0.15) is 45.1 Å². The van der Waals surface area contributed by atoms with E-state index in [2.05, 4.69) is 5.32 Å². The maximum Gasteiger partial charge on any atom is 0.222 e. The Bertz CT molecular complexity index is 733. The highest BCUT2D eigenvalue weighted by Gasteiger charge is 2.50. The van der Waals surface area contributed by atoms with Gasteiger partial charge in [-0.15, -0.1) is 0 Å². The van der Waals surface area contributed by atoms with Crippen molar-refractivity contribution < 1.29 is 19.4 Å². The van der Waals surface area contributed by atoms with Gasteiger partial charge in [0.1, 0.15) is 6.10 Å². The molecule has 2 aliphatic rings. The summed E-state index contributed by atoms with van der Waals surface area (Å²) in [7, 11) is 0. The number of amides is 2. The van der Waals surface area contributed by atoms with Crippen LogP contribution in [-0.4, -0.2) is 58.8 Å². The number of piperidine rings is 1. The normalized spacial score (nSPS) is 26.9. The molecule has 6 nitrogen and oxygen atoms in total. The third-order valence-corrected chi connectivity index (χ3v) is 6.21. The monoisotopic (exact) mass is 408 g/mol. The Hall–Kier alpha value is -1.63. The first-order valence-corrected chi connectivity index (χ1v) is 10.2. The van der Waals surface area contributed by atoms with Crippen molar-refractivity contribution in [3.63, 3.8) is 0 Å². The summed E-state index contributed by atoms with van der Waals surface area (Å²) in [4.78, 5) is 26.1. The second-order valence-electron chi connectivity index (χ2n) is 8.30. The molecular formula is C21H29ClN2O4. The summed E-state index contributed by atoms with van der Waals surface area (Å²) >= 11 is 6.00. The van der Waals surface area contributed by atoms with Crippen LogP contribution < -0.4 is 5.32 Å². The van der Waals surface area contributed by atoms with Crippen LogP contribution in [-0.2, 0) is 20.7 Å². The lowest BCUT2D eigenvalue weighted by atomic mass is 9.74. The van der Waals surface area contributed by atoms with Crippen LogP contribution in [0.2, 0.25) is 5.02 Å². The fourth-order valence-corrected chi connectivity index (χ4v) is 4.61. The standard InChI is InChI=1S/C21H29ClN2O4/c1-15(25)23-20(2)14-21(28-13-18(20)26)8-10-24(11-9-21)19(27)7-6-16-4-3-5-17(22)12-16/h3-5,12,18,26H,6-11,13-14H2,1-2H3,(H,23,25)/t18-,20-/m0/s1. The zero-order chi connectivity index (χ0) is 20.4. The van der Waals surface area contributed by atoms with Gasteiger partial charge >= 0.3 is 0 Å². The number of halogens is 1. The summed E-state index contributed by atoms with van der Waals surface area (Å²) < 4.78 is 6.01. The van der Waals surface area contributed by atoms with Crippen molar-refractivity contribution in [3.8, 4) is 0 Å². The van der Waals surface area contributed by atoms with E-state index < -0.39 is 17.2 Å². The molecule has 0 aromatic heterocycles. The van der Waals surface area contributed by atoms with Crippen LogP contribution in [0.4, 0.5) is 0 Å². The molecule has 3 rings (SSSR count). The van der Waals surface area contributed by atoms with Crippen molar-refractivity contribution in [1.82, 2.24) is 10.2 Å². The first-order chi connectivity index (χ1) is 13.2. The molecule has 2 aliphatic heterocycles. The van der Waals surface area contributed by atoms with Gasteiger partial charge in [0.05, 0.1) is 17.7 Å². The van der Waals surface area contributed by atoms with Crippen LogP contribution in [0, 0.1) is 0 Å². The van der Waals surface area contributed by atoms with Gasteiger partial charge in [-0.3, -0.25) is 9.59 Å². The van der Waals surface area contributed by atoms with Gasteiger partial charge in [-0.2, -0.15) is 0 Å². The number of aliphatic hydroxyl groups is 1. The van der Waals surface area contributed by atoms with E-state index in [-0.39, 0.29) is 18.4 Å². The van der Waals surface area contributed by atoms with Gasteiger partial charge in [-0.05, 0) is 43.9 Å². The van der Waals surface area contributed by atoms with Crippen LogP contribution in [0.5, 0.6) is 0 Å². The van der Waals surface area contributed by atoms with Crippen LogP contribution >= 0.6 is 11.6 Å². The molecule has 1 aromatic carbocycles. The number of nitrogens with one attached hydrogen (secondary N) is 1. The Morgan fingerprint density at radius 2 is 2.07 bits per heavy atom. The van der Waals surface area contributed by atoms with Gasteiger partial charge in [0, 0.05) is 37.9 Å². The molecule has 0 saturated carbocycles. The van der Waals surface area contributed by atoms with Crippen molar-refractivity contribution in [2.75, 3.05) is 19.7 Å². The lowest BCUT2D eigenvalue weighted by Gasteiger charge is -2.51. The second kappa shape index (κ2) is 8.39. The molecule has 1 spiro atoms. The quantitative estimate of drug-likeness (QED) is 0.801. The van der Waals surface area contributed by atoms with Gasteiger partial charge in [0.25, 0.3) is 0 Å². The van der Waals surface area contributed by atoms with E-state index in [9.17, 15) is 14.7 Å². The number of carbonyl (C=O) groups is 2. The van der Waals surface area contributed by atoms with Gasteiger partial charge in [-0.1, -0.05) is 23.7 Å². The number of aliphatic hydroxyl groups excluding tert-OH is 1. The lowest BCUT2D eigenvalue weighted by Crippen LogP contribution is -2.65. The van der Waals surface area contributed by atoms with Gasteiger partial charge < -0.3 is 20.1 Å². The first kappa shape index (κ1) is 21.1. The number of hydrogen-bond acceptors (Lipinski definition) is 4. The van der Waals surface area contributed by atoms with E-state index in [4.69, 9.17) is 16.3 Å². The zero-order valence-corrected chi connectivity index (χ0v) is 17.3. The molecule has 1 aromatic rings. The second-order valence-corrected chi connectivity index (χ2v) is 8.73. The predicted octanol–water partition coefficient (Wildman–Crippen LogP) is 2.31. The SMILES string of the molecule is CC(=O)N[C@@]1(C)CC2(CCN(C(=O)CCc3cccc(Cl)c3)CC2)OC[C@@H]1O. The molecule has 2 N–H and O–H groups in total. The van der Waals surface area contributed by atoms with Crippen molar-refractivity contribution in [2.45, 2.75) is 63.2 Å². The van der Waals surface area contributed by atoms with Crippen LogP contribution in [0.3, 0.4) is 0 Å². The number of likely N-dealkylation sites (tertiary alicyclic amines) is 1. The highest BCUT2D eigenvalue weighted by Crippen LogP contribution is 2.39. The molecular weight excluding hydrogens is 380 g/mol. The Balaban J connectivity index is 1.54. The number of aryl methyl sites for hydroxylation is 1. The number of carbonyl (C=O) groups excluding carboxylic acids is 2. The number of benzene rings is 1. The molecule has 154 valence electrons. The third-order valence-electron chi connectivity index (χ3n) is 5.98. The number of hydrogen-bond donors (Lipinski definition) is 2. The van der Waals surface area contributed by atoms with E-state index in [1.54, 1.807) is 0 Å². The molecule has 0 radical (unpaired) electrons. The average Bonchev–Trinajstić information content (AvgIpc) is 2.63. The Kier molecular flexibility index (Phi) is 6.32. The van der Waals surface area contributed by atoms with Crippen molar-refractivity contribution >= 4 is 23.4 Å². The molecule has 2 fully saturated rings. The number of ether oxygens (including phenoxy) is 1. The van der Waals surface area contributed by atoms with Crippen LogP contribution in [0.25, 0.3) is 0 Å². The molecule has 0 aliphatic carbocycles. The summed E-state index contributed by atoms with van der Waals surface area (Å²) in [5, 5.41) is 13.9. The number of nitrogens with zero attached hydrogens (tertiary/aromatic N) is 1. The average molecular weight is 409 g/mol. The summed E-state index contributed by atoms with van der Waals surface area (Å²) in [5.74, 6) is -0.0254. The smallest absolute Gasteiger partial charge is 0.222 e. The Labute approximate surface area is 171 Å². The van der Waals surface area contributed by atoms with E-state index in [0.29, 0.717) is 50.2 Å². The van der Waals surface area contributed by atoms with E-state index in [1.807, 2.05) is 36.1 Å². The first-order valence-electron chi connectivity index (χ1n) is 9.84. The molecule has 2 amide bonds. The summed E-state index contributed by atoms with van der Waals surface area (Å²) in [6, 6.07) is 7.60. The van der Waals surface area contributed by atoms with Crippen molar-refractivity contribution in [3.05, 3.63) is 34.9 Å². The van der Waals surface area contributed by atoms with E-state index in [1.165, 1.54) is 6.92 Å². The summed E-state index contributed by atoms with van der Waals surface area (Å²) in [6.45, 7) is 4.77. The lowest BCUT2D eigenvalue weighted by molar-refractivity contribution is -0.182. The van der Waals surface area contributed by atoms with Crippen LogP contribution in [0.15, 0.2) is 24.3 Å². The third kappa shape index (κ3) is 4.85. The topological polar surface area (TPSA) is 78.9 Å². The van der Waals surface area contributed by atoms with Crippen molar-refractivity contribution in [1.29, 1.82) is 0 Å². The minimum atomic E-state index is -0.737. The molecule has 2 saturated heterocycles. The molecule has 0 bridgehead atoms. The maximum absolute atomic E-state index is 12.6. The van der Waals surface area contributed by atoms with Gasteiger partial charge in [0.15, 0.2) is 0 Å². The largest absolute Gasteiger partial charge is 0.388 e.